The molecule has 1 aliphatic heterocycles. The maximum atomic E-state index is 14.3. The Morgan fingerprint density at radius 3 is 2.43 bits per heavy atom. The molecule has 0 radical (unpaired) electrons. The van der Waals surface area contributed by atoms with Gasteiger partial charge in [-0.2, -0.15) is 0 Å². The van der Waals surface area contributed by atoms with Crippen LogP contribution in [0.2, 0.25) is 0 Å². The Morgan fingerprint density at radius 2 is 1.74 bits per heavy atom. The maximum absolute atomic E-state index is 14.3. The zero-order valence-electron chi connectivity index (χ0n) is 28.0. The number of anilines is 1. The SMILES string of the molecule is C[C@@H]1CCCCO[C@H](CN(C)C(=O)C2CCCCC2)[C@H](C)CN([C@@H](C)CO)C(=O)c2cc(NS(=O)(=O)c3ccc(F)cc3)ccc2O1. The lowest BCUT2D eigenvalue weighted by molar-refractivity contribution is -0.137. The van der Waals surface area contributed by atoms with Crippen molar-refractivity contribution in [2.24, 2.45) is 11.8 Å². The second-order valence-electron chi connectivity index (χ2n) is 13.1. The summed E-state index contributed by atoms with van der Waals surface area (Å²) in [6, 6.07) is 8.40. The number of benzene rings is 2. The summed E-state index contributed by atoms with van der Waals surface area (Å²) in [4.78, 5) is 30.9. The summed E-state index contributed by atoms with van der Waals surface area (Å²) in [5.41, 5.74) is 0.273. The van der Waals surface area contributed by atoms with Gasteiger partial charge >= 0.3 is 0 Å². The topological polar surface area (TPSA) is 125 Å². The van der Waals surface area contributed by atoms with Gasteiger partial charge in [0.15, 0.2) is 0 Å². The molecule has 2 N–H and O–H groups in total. The predicted molar refractivity (Wildman–Crippen MR) is 178 cm³/mol. The van der Waals surface area contributed by atoms with Gasteiger partial charge in [0.1, 0.15) is 11.6 Å². The molecular weight excluding hydrogens is 625 g/mol. The van der Waals surface area contributed by atoms with Crippen LogP contribution in [0.5, 0.6) is 5.75 Å². The van der Waals surface area contributed by atoms with Crippen molar-refractivity contribution in [3.8, 4) is 5.75 Å². The molecule has 2 aromatic carbocycles. The first-order valence-corrected chi connectivity index (χ1v) is 18.3. The monoisotopic (exact) mass is 675 g/mol. The molecule has 1 saturated carbocycles. The summed E-state index contributed by atoms with van der Waals surface area (Å²) >= 11 is 0. The van der Waals surface area contributed by atoms with E-state index in [-0.39, 0.29) is 59.2 Å². The van der Waals surface area contributed by atoms with E-state index >= 15 is 0 Å². The van der Waals surface area contributed by atoms with E-state index in [1.807, 2.05) is 20.9 Å². The van der Waals surface area contributed by atoms with E-state index in [2.05, 4.69) is 4.72 Å². The molecule has 2 amide bonds. The highest BCUT2D eigenvalue weighted by molar-refractivity contribution is 7.92. The van der Waals surface area contributed by atoms with E-state index in [9.17, 15) is 27.5 Å². The first-order valence-electron chi connectivity index (χ1n) is 16.8. The van der Waals surface area contributed by atoms with Gasteiger partial charge in [0.05, 0.1) is 35.3 Å². The molecule has 0 bridgehead atoms. The normalized spacial score (nSPS) is 22.8. The van der Waals surface area contributed by atoms with Gasteiger partial charge in [-0.3, -0.25) is 14.3 Å². The highest BCUT2D eigenvalue weighted by atomic mass is 32.2. The molecular formula is C35H50FN3O7S. The van der Waals surface area contributed by atoms with Crippen LogP contribution in [-0.2, 0) is 19.6 Å². The smallest absolute Gasteiger partial charge is 0.261 e. The van der Waals surface area contributed by atoms with Crippen molar-refractivity contribution in [3.63, 3.8) is 0 Å². The number of hydrogen-bond donors (Lipinski definition) is 2. The predicted octanol–water partition coefficient (Wildman–Crippen LogP) is 5.46. The number of carbonyl (C=O) groups excluding carboxylic acids is 2. The Morgan fingerprint density at radius 1 is 1.06 bits per heavy atom. The lowest BCUT2D eigenvalue weighted by atomic mass is 9.88. The molecule has 0 spiro atoms. The standard InChI is InChI=1S/C35H50FN3O7S/c1-24-21-39(25(2)23-40)35(42)31-20-29(37-47(43,44)30-16-13-28(36)14-17-30)15-18-32(31)46-26(3)10-8-9-19-45-33(24)22-38(4)34(41)27-11-6-5-7-12-27/h13-18,20,24-27,33,37,40H,5-12,19,21-23H2,1-4H3/t24-,25+,26-,33-/m1/s1. The Kier molecular flexibility index (Phi) is 13.0. The zero-order chi connectivity index (χ0) is 34.1. The fraction of sp³-hybridized carbons (Fsp3) is 0.600. The Labute approximate surface area is 278 Å². The van der Waals surface area contributed by atoms with Crippen molar-refractivity contribution >= 4 is 27.5 Å². The number of nitrogens with one attached hydrogen (secondary N) is 1. The number of amides is 2. The van der Waals surface area contributed by atoms with Crippen molar-refractivity contribution in [2.75, 3.05) is 38.1 Å². The Hall–Kier alpha value is -3.22. The molecule has 0 unspecified atom stereocenters. The van der Waals surface area contributed by atoms with Crippen molar-refractivity contribution < 1.29 is 37.0 Å². The minimum absolute atomic E-state index is 0.0303. The number of fused-ring (bicyclic) bond motifs is 1. The molecule has 2 aromatic rings. The number of aliphatic hydroxyl groups excluding tert-OH is 1. The number of rotatable bonds is 8. The van der Waals surface area contributed by atoms with E-state index in [0.29, 0.717) is 25.3 Å². The van der Waals surface area contributed by atoms with Crippen LogP contribution in [0.4, 0.5) is 10.1 Å². The quantitative estimate of drug-likeness (QED) is 0.381. The highest BCUT2D eigenvalue weighted by Crippen LogP contribution is 2.30. The summed E-state index contributed by atoms with van der Waals surface area (Å²) < 4.78 is 54.7. The molecule has 4 atom stereocenters. The second kappa shape index (κ2) is 16.7. The van der Waals surface area contributed by atoms with Crippen LogP contribution in [0.15, 0.2) is 47.4 Å². The molecule has 1 fully saturated rings. The van der Waals surface area contributed by atoms with Crippen molar-refractivity contribution in [1.29, 1.82) is 0 Å². The number of likely N-dealkylation sites (N-methyl/N-ethyl adjacent to an activating group) is 1. The summed E-state index contributed by atoms with van der Waals surface area (Å²) in [7, 11) is -2.26. The summed E-state index contributed by atoms with van der Waals surface area (Å²) in [5.74, 6) is -0.742. The Balaban J connectivity index is 1.64. The fourth-order valence-electron chi connectivity index (χ4n) is 6.30. The largest absolute Gasteiger partial charge is 0.490 e. The van der Waals surface area contributed by atoms with Crippen LogP contribution in [0.1, 0.15) is 82.5 Å². The number of nitrogens with zero attached hydrogens (tertiary/aromatic N) is 2. The third-order valence-electron chi connectivity index (χ3n) is 9.21. The first-order chi connectivity index (χ1) is 22.4. The number of ether oxygens (including phenoxy) is 2. The number of sulfonamides is 1. The van der Waals surface area contributed by atoms with Crippen LogP contribution in [0.25, 0.3) is 0 Å². The van der Waals surface area contributed by atoms with Crippen LogP contribution >= 0.6 is 0 Å². The number of aliphatic hydroxyl groups is 1. The molecule has 1 heterocycles. The number of halogens is 1. The van der Waals surface area contributed by atoms with Gasteiger partial charge in [-0.05, 0) is 88.4 Å². The second-order valence-corrected chi connectivity index (χ2v) is 14.8. The van der Waals surface area contributed by atoms with Gasteiger partial charge in [-0.25, -0.2) is 12.8 Å². The fourth-order valence-corrected chi connectivity index (χ4v) is 7.35. The molecule has 47 heavy (non-hydrogen) atoms. The van der Waals surface area contributed by atoms with Gasteiger partial charge in [0.25, 0.3) is 15.9 Å². The van der Waals surface area contributed by atoms with E-state index in [0.717, 1.165) is 69.2 Å². The molecule has 4 rings (SSSR count). The zero-order valence-corrected chi connectivity index (χ0v) is 28.8. The van der Waals surface area contributed by atoms with Crippen LogP contribution in [-0.4, -0.2) is 86.7 Å². The third-order valence-corrected chi connectivity index (χ3v) is 10.6. The van der Waals surface area contributed by atoms with Gasteiger partial charge < -0.3 is 24.4 Å². The maximum Gasteiger partial charge on any atom is 0.261 e. The van der Waals surface area contributed by atoms with Gasteiger partial charge in [0.2, 0.25) is 5.91 Å². The average Bonchev–Trinajstić information content (AvgIpc) is 3.06. The van der Waals surface area contributed by atoms with Gasteiger partial charge in [-0.1, -0.05) is 26.2 Å². The van der Waals surface area contributed by atoms with E-state index < -0.39 is 27.8 Å². The molecule has 0 saturated heterocycles. The molecule has 12 heteroatoms. The van der Waals surface area contributed by atoms with Crippen LogP contribution < -0.4 is 9.46 Å². The highest BCUT2D eigenvalue weighted by Gasteiger charge is 2.32. The van der Waals surface area contributed by atoms with E-state index in [4.69, 9.17) is 9.47 Å². The van der Waals surface area contributed by atoms with Crippen molar-refractivity contribution in [3.05, 3.63) is 53.8 Å². The number of carbonyl (C=O) groups is 2. The minimum atomic E-state index is -4.08. The minimum Gasteiger partial charge on any atom is -0.490 e. The molecule has 260 valence electrons. The molecule has 0 aromatic heterocycles. The third kappa shape index (κ3) is 9.90. The summed E-state index contributed by atoms with van der Waals surface area (Å²) in [6.07, 6.45) is 6.83. The summed E-state index contributed by atoms with van der Waals surface area (Å²) in [5, 5.41) is 10.2. The van der Waals surface area contributed by atoms with E-state index in [1.54, 1.807) is 22.8 Å². The lowest BCUT2D eigenvalue weighted by Gasteiger charge is -2.36. The molecule has 10 nitrogen and oxygen atoms in total. The van der Waals surface area contributed by atoms with Gasteiger partial charge in [-0.15, -0.1) is 0 Å². The molecule has 2 aliphatic rings. The van der Waals surface area contributed by atoms with Crippen LogP contribution in [0, 0.1) is 17.7 Å². The van der Waals surface area contributed by atoms with Crippen molar-refractivity contribution in [2.45, 2.75) is 95.3 Å². The van der Waals surface area contributed by atoms with E-state index in [1.165, 1.54) is 12.1 Å². The number of hydrogen-bond acceptors (Lipinski definition) is 7. The van der Waals surface area contributed by atoms with Crippen LogP contribution in [0.3, 0.4) is 0 Å². The molecule has 1 aliphatic carbocycles. The first kappa shape index (κ1) is 36.6. The summed E-state index contributed by atoms with van der Waals surface area (Å²) in [6.45, 7) is 6.45. The van der Waals surface area contributed by atoms with Gasteiger partial charge in [0, 0.05) is 44.3 Å². The van der Waals surface area contributed by atoms with Crippen molar-refractivity contribution in [1.82, 2.24) is 9.80 Å². The lowest BCUT2D eigenvalue weighted by Crippen LogP contribution is -2.48. The average molecular weight is 676 g/mol. The Bertz CT molecular complexity index is 1450.